The summed E-state index contributed by atoms with van der Waals surface area (Å²) in [5, 5.41) is 3.30. The van der Waals surface area contributed by atoms with Crippen LogP contribution in [0.1, 0.15) is 11.1 Å². The summed E-state index contributed by atoms with van der Waals surface area (Å²) in [5.41, 5.74) is 2.35. The van der Waals surface area contributed by atoms with Crippen LogP contribution in [0.15, 0.2) is 77.7 Å². The van der Waals surface area contributed by atoms with Crippen LogP contribution < -0.4 is 9.62 Å². The molecule has 1 saturated heterocycles. The van der Waals surface area contributed by atoms with E-state index in [9.17, 15) is 13.2 Å². The van der Waals surface area contributed by atoms with Crippen molar-refractivity contribution in [1.82, 2.24) is 10.2 Å². The Morgan fingerprint density at radius 3 is 2.25 bits per heavy atom. The van der Waals surface area contributed by atoms with Gasteiger partial charge in [-0.2, -0.15) is 0 Å². The number of benzene rings is 3. The van der Waals surface area contributed by atoms with Gasteiger partial charge < -0.3 is 10.1 Å². The first-order valence-electron chi connectivity index (χ1n) is 11.5. The topological polar surface area (TPSA) is 79.0 Å². The lowest BCUT2D eigenvalue weighted by Crippen LogP contribution is -2.40. The second-order valence-electron chi connectivity index (χ2n) is 8.40. The Morgan fingerprint density at radius 1 is 0.917 bits per heavy atom. The first-order chi connectivity index (χ1) is 17.3. The summed E-state index contributed by atoms with van der Waals surface area (Å²) >= 11 is 12.2. The highest BCUT2D eigenvalue weighted by molar-refractivity contribution is 7.92. The second-order valence-corrected chi connectivity index (χ2v) is 11.1. The monoisotopic (exact) mass is 547 g/mol. The molecule has 10 heteroatoms. The molecular formula is C26H27Cl2N3O4S. The number of morpholine rings is 1. The Morgan fingerprint density at radius 2 is 1.58 bits per heavy atom. The molecule has 1 fully saturated rings. The predicted molar refractivity (Wildman–Crippen MR) is 142 cm³/mol. The maximum Gasteiger partial charge on any atom is 0.264 e. The van der Waals surface area contributed by atoms with Crippen molar-refractivity contribution in [3.63, 3.8) is 0 Å². The average molecular weight is 548 g/mol. The zero-order chi connectivity index (χ0) is 25.5. The van der Waals surface area contributed by atoms with Crippen molar-refractivity contribution >= 4 is 44.8 Å². The lowest BCUT2D eigenvalue weighted by molar-refractivity contribution is -0.119. The number of carbonyl (C=O) groups excluding carboxylic acids is 1. The van der Waals surface area contributed by atoms with E-state index >= 15 is 0 Å². The first-order valence-corrected chi connectivity index (χ1v) is 13.7. The molecule has 0 atom stereocenters. The Labute approximate surface area is 221 Å². The summed E-state index contributed by atoms with van der Waals surface area (Å²) < 4.78 is 33.2. The average Bonchev–Trinajstić information content (AvgIpc) is 2.89. The second kappa shape index (κ2) is 12.1. The van der Waals surface area contributed by atoms with Gasteiger partial charge in [-0.1, -0.05) is 65.7 Å². The van der Waals surface area contributed by atoms with E-state index in [4.69, 9.17) is 27.9 Å². The van der Waals surface area contributed by atoms with E-state index in [1.165, 1.54) is 35.9 Å². The van der Waals surface area contributed by atoms with Gasteiger partial charge in [-0.25, -0.2) is 8.42 Å². The molecule has 0 radical (unpaired) electrons. The largest absolute Gasteiger partial charge is 0.379 e. The smallest absolute Gasteiger partial charge is 0.264 e. The zero-order valence-corrected chi connectivity index (χ0v) is 21.9. The molecule has 0 spiro atoms. The van der Waals surface area contributed by atoms with E-state index in [-0.39, 0.29) is 22.2 Å². The van der Waals surface area contributed by atoms with Gasteiger partial charge in [-0.05, 0) is 41.5 Å². The highest BCUT2D eigenvalue weighted by atomic mass is 35.5. The number of sulfonamides is 1. The van der Waals surface area contributed by atoms with Crippen LogP contribution in [-0.2, 0) is 32.6 Å². The molecule has 36 heavy (non-hydrogen) atoms. The van der Waals surface area contributed by atoms with Crippen molar-refractivity contribution in [2.24, 2.45) is 0 Å². The lowest BCUT2D eigenvalue weighted by Gasteiger charge is -2.26. The molecule has 0 aliphatic carbocycles. The molecule has 7 nitrogen and oxygen atoms in total. The van der Waals surface area contributed by atoms with Crippen LogP contribution in [-0.4, -0.2) is 52.1 Å². The predicted octanol–water partition coefficient (Wildman–Crippen LogP) is 4.34. The van der Waals surface area contributed by atoms with Gasteiger partial charge in [0.15, 0.2) is 0 Å². The van der Waals surface area contributed by atoms with Crippen LogP contribution in [0.4, 0.5) is 5.69 Å². The van der Waals surface area contributed by atoms with Gasteiger partial charge >= 0.3 is 0 Å². The minimum atomic E-state index is -4.02. The van der Waals surface area contributed by atoms with Crippen molar-refractivity contribution in [3.05, 3.63) is 94.0 Å². The molecule has 1 N–H and O–H groups in total. The molecular weight excluding hydrogens is 521 g/mol. The number of halogens is 2. The number of hydrogen-bond acceptors (Lipinski definition) is 5. The minimum Gasteiger partial charge on any atom is -0.379 e. The molecule has 1 heterocycles. The normalized spacial score (nSPS) is 14.4. The fraction of sp³-hybridized carbons (Fsp3) is 0.269. The quantitative estimate of drug-likeness (QED) is 0.431. The Hall–Kier alpha value is -2.62. The number of carbonyl (C=O) groups is 1. The molecule has 1 aliphatic rings. The number of anilines is 1. The van der Waals surface area contributed by atoms with Crippen molar-refractivity contribution < 1.29 is 17.9 Å². The zero-order valence-electron chi connectivity index (χ0n) is 19.6. The van der Waals surface area contributed by atoms with Crippen LogP contribution in [0.3, 0.4) is 0 Å². The van der Waals surface area contributed by atoms with E-state index in [1.807, 2.05) is 24.3 Å². The van der Waals surface area contributed by atoms with E-state index in [0.717, 1.165) is 42.7 Å². The lowest BCUT2D eigenvalue weighted by atomic mass is 10.1. The van der Waals surface area contributed by atoms with Gasteiger partial charge in [0.1, 0.15) is 6.54 Å². The SMILES string of the molecule is O=C(CN(c1ccc(Cl)c(Cl)c1)S(=O)(=O)c1ccccc1)NCc1ccc(CN2CCOCC2)cc1. The maximum atomic E-state index is 13.4. The van der Waals surface area contributed by atoms with Crippen molar-refractivity contribution in [1.29, 1.82) is 0 Å². The van der Waals surface area contributed by atoms with Crippen molar-refractivity contribution in [2.75, 3.05) is 37.2 Å². The molecule has 3 aromatic rings. The third-order valence-electron chi connectivity index (χ3n) is 5.83. The summed E-state index contributed by atoms with van der Waals surface area (Å²) in [6, 6.07) is 20.4. The molecule has 0 bridgehead atoms. The van der Waals surface area contributed by atoms with E-state index < -0.39 is 22.5 Å². The van der Waals surface area contributed by atoms with E-state index in [2.05, 4.69) is 10.2 Å². The first kappa shape index (κ1) is 26.4. The summed E-state index contributed by atoms with van der Waals surface area (Å²) in [6.07, 6.45) is 0. The fourth-order valence-electron chi connectivity index (χ4n) is 3.84. The molecule has 3 aromatic carbocycles. The van der Waals surface area contributed by atoms with E-state index in [0.29, 0.717) is 5.02 Å². The van der Waals surface area contributed by atoms with Crippen LogP contribution in [0, 0.1) is 0 Å². The summed E-state index contributed by atoms with van der Waals surface area (Å²) in [7, 11) is -4.02. The number of hydrogen-bond donors (Lipinski definition) is 1. The number of nitrogens with one attached hydrogen (secondary N) is 1. The summed E-state index contributed by atoms with van der Waals surface area (Å²) in [4.78, 5) is 15.3. The van der Waals surface area contributed by atoms with Gasteiger partial charge in [0.2, 0.25) is 5.91 Å². The van der Waals surface area contributed by atoms with E-state index in [1.54, 1.807) is 18.2 Å². The number of rotatable bonds is 9. The molecule has 0 unspecified atom stereocenters. The molecule has 1 aliphatic heterocycles. The van der Waals surface area contributed by atoms with Gasteiger partial charge in [0, 0.05) is 26.2 Å². The Kier molecular flexibility index (Phi) is 8.87. The Balaban J connectivity index is 1.44. The van der Waals surface area contributed by atoms with Crippen LogP contribution in [0.5, 0.6) is 0 Å². The Bertz CT molecular complexity index is 1280. The molecule has 190 valence electrons. The number of amides is 1. The molecule has 1 amide bonds. The number of ether oxygens (including phenoxy) is 1. The minimum absolute atomic E-state index is 0.0692. The highest BCUT2D eigenvalue weighted by Gasteiger charge is 2.27. The number of nitrogens with zero attached hydrogens (tertiary/aromatic N) is 2. The fourth-order valence-corrected chi connectivity index (χ4v) is 5.57. The summed E-state index contributed by atoms with van der Waals surface area (Å²) in [6.45, 7) is 4.05. The molecule has 4 rings (SSSR count). The van der Waals surface area contributed by atoms with Gasteiger partial charge in [-0.3, -0.25) is 14.0 Å². The highest BCUT2D eigenvalue weighted by Crippen LogP contribution is 2.30. The standard InChI is InChI=1S/C26H27Cl2N3O4S/c27-24-11-10-22(16-25(24)28)31(36(33,34)23-4-2-1-3-5-23)19-26(32)29-17-20-6-8-21(9-7-20)18-30-12-14-35-15-13-30/h1-11,16H,12-15,17-19H2,(H,29,32). The van der Waals surface area contributed by atoms with Crippen molar-refractivity contribution in [3.8, 4) is 0 Å². The maximum absolute atomic E-state index is 13.4. The van der Waals surface area contributed by atoms with Gasteiger partial charge in [0.25, 0.3) is 10.0 Å². The van der Waals surface area contributed by atoms with Crippen LogP contribution in [0.25, 0.3) is 0 Å². The molecule has 0 aromatic heterocycles. The molecule has 0 saturated carbocycles. The third-order valence-corrected chi connectivity index (χ3v) is 8.36. The van der Waals surface area contributed by atoms with Gasteiger partial charge in [0.05, 0.1) is 33.8 Å². The van der Waals surface area contributed by atoms with Gasteiger partial charge in [-0.15, -0.1) is 0 Å². The van der Waals surface area contributed by atoms with Crippen LogP contribution in [0.2, 0.25) is 10.0 Å². The third kappa shape index (κ3) is 6.78. The summed E-state index contributed by atoms with van der Waals surface area (Å²) in [5.74, 6) is -0.446. The van der Waals surface area contributed by atoms with Crippen LogP contribution >= 0.6 is 23.2 Å². The van der Waals surface area contributed by atoms with Crippen molar-refractivity contribution in [2.45, 2.75) is 18.0 Å².